The number of carboxylic acids is 1. The fourth-order valence-electron chi connectivity index (χ4n) is 4.31. The highest BCUT2D eigenvalue weighted by atomic mass is 16.4. The van der Waals surface area contributed by atoms with Gasteiger partial charge in [0.05, 0.1) is 18.7 Å². The minimum absolute atomic E-state index is 0.00948. The molecule has 1 aliphatic rings. The average Bonchev–Trinajstić information content (AvgIpc) is 3.59. The summed E-state index contributed by atoms with van der Waals surface area (Å²) < 4.78 is 0. The smallest absolute Gasteiger partial charge is 0.326 e. The Labute approximate surface area is 208 Å². The number of aliphatic carboxylic acids is 1. The first-order chi connectivity index (χ1) is 17.2. The summed E-state index contributed by atoms with van der Waals surface area (Å²) in [5, 5.41) is 14.8. The summed E-state index contributed by atoms with van der Waals surface area (Å²) >= 11 is 0. The van der Waals surface area contributed by atoms with Crippen LogP contribution in [0.25, 0.3) is 0 Å². The summed E-state index contributed by atoms with van der Waals surface area (Å²) in [4.78, 5) is 66.1. The van der Waals surface area contributed by atoms with Crippen molar-refractivity contribution in [1.29, 1.82) is 0 Å². The van der Waals surface area contributed by atoms with Gasteiger partial charge in [-0.1, -0.05) is 13.8 Å². The van der Waals surface area contributed by atoms with Crippen molar-refractivity contribution in [2.45, 2.75) is 70.1 Å². The number of nitrogens with one attached hydrogen (secondary N) is 4. The van der Waals surface area contributed by atoms with Gasteiger partial charge in [0.15, 0.2) is 0 Å². The molecule has 0 radical (unpaired) electrons. The molecule has 2 aromatic heterocycles. The van der Waals surface area contributed by atoms with Gasteiger partial charge in [0.25, 0.3) is 0 Å². The van der Waals surface area contributed by atoms with E-state index in [-0.39, 0.29) is 24.7 Å². The highest BCUT2D eigenvalue weighted by molar-refractivity contribution is 5.94. The van der Waals surface area contributed by atoms with Gasteiger partial charge in [0.2, 0.25) is 17.7 Å². The lowest BCUT2D eigenvalue weighted by atomic mass is 10.0. The molecule has 0 aromatic carbocycles. The molecular formula is C23H34N8O5. The van der Waals surface area contributed by atoms with Crippen molar-refractivity contribution >= 4 is 23.7 Å². The number of likely N-dealkylation sites (tertiary alicyclic amines) is 1. The van der Waals surface area contributed by atoms with Gasteiger partial charge in [-0.2, -0.15) is 0 Å². The van der Waals surface area contributed by atoms with Crippen LogP contribution in [0.3, 0.4) is 0 Å². The van der Waals surface area contributed by atoms with E-state index in [2.05, 4.69) is 30.6 Å². The Morgan fingerprint density at radius 1 is 1.08 bits per heavy atom. The molecule has 0 unspecified atom stereocenters. The van der Waals surface area contributed by atoms with Crippen LogP contribution in [0.15, 0.2) is 25.0 Å². The number of hydrogen-bond donors (Lipinski definition) is 6. The standard InChI is InChI=1S/C23H34N8O5/c1-13(2)6-16(24)22(34)31-5-3-4-19(31)21(33)29-17(7-14-9-25-11-27-14)20(32)30-18(23(35)36)8-15-10-26-12-28-15/h9-13,16-19H,3-8,24H2,1-2H3,(H,25,27)(H,26,28)(H,29,33)(H,30,32)(H,35,36)/t16-,17-,18-,19-/m0/s1. The number of aromatic nitrogens is 4. The van der Waals surface area contributed by atoms with Gasteiger partial charge in [-0.25, -0.2) is 14.8 Å². The first-order valence-electron chi connectivity index (χ1n) is 12.0. The molecule has 7 N–H and O–H groups in total. The van der Waals surface area contributed by atoms with Crippen molar-refractivity contribution in [2.75, 3.05) is 6.54 Å². The summed E-state index contributed by atoms with van der Waals surface area (Å²) in [6.45, 7) is 4.35. The third-order valence-electron chi connectivity index (χ3n) is 6.09. The van der Waals surface area contributed by atoms with Gasteiger partial charge in [-0.3, -0.25) is 14.4 Å². The summed E-state index contributed by atoms with van der Waals surface area (Å²) in [6.07, 6.45) is 7.48. The Kier molecular flexibility index (Phi) is 9.17. The molecule has 13 nitrogen and oxygen atoms in total. The fourth-order valence-corrected chi connectivity index (χ4v) is 4.31. The second kappa shape index (κ2) is 12.3. The zero-order valence-corrected chi connectivity index (χ0v) is 20.4. The van der Waals surface area contributed by atoms with Crippen LogP contribution in [0, 0.1) is 5.92 Å². The topological polar surface area (TPSA) is 199 Å². The van der Waals surface area contributed by atoms with E-state index in [1.54, 1.807) is 0 Å². The number of hydrogen-bond acceptors (Lipinski definition) is 7. The number of nitrogens with zero attached hydrogens (tertiary/aromatic N) is 3. The van der Waals surface area contributed by atoms with E-state index in [4.69, 9.17) is 5.73 Å². The van der Waals surface area contributed by atoms with Crippen molar-refractivity contribution in [3.63, 3.8) is 0 Å². The molecule has 0 bridgehead atoms. The minimum atomic E-state index is -1.24. The average molecular weight is 503 g/mol. The predicted molar refractivity (Wildman–Crippen MR) is 128 cm³/mol. The first kappa shape index (κ1) is 26.9. The van der Waals surface area contributed by atoms with Crippen LogP contribution in [0.4, 0.5) is 0 Å². The molecule has 196 valence electrons. The van der Waals surface area contributed by atoms with Crippen LogP contribution in [0.5, 0.6) is 0 Å². The molecule has 3 rings (SSSR count). The molecule has 36 heavy (non-hydrogen) atoms. The number of rotatable bonds is 12. The van der Waals surface area contributed by atoms with E-state index in [0.29, 0.717) is 37.2 Å². The number of aromatic amines is 2. The third-order valence-corrected chi connectivity index (χ3v) is 6.09. The second-order valence-corrected chi connectivity index (χ2v) is 9.45. The van der Waals surface area contributed by atoms with Gasteiger partial charge >= 0.3 is 5.97 Å². The lowest BCUT2D eigenvalue weighted by Crippen LogP contribution is -2.57. The third kappa shape index (κ3) is 7.13. The molecule has 2 aromatic rings. The molecule has 1 aliphatic heterocycles. The van der Waals surface area contributed by atoms with Gasteiger partial charge < -0.3 is 36.3 Å². The van der Waals surface area contributed by atoms with Gasteiger partial charge in [-0.05, 0) is 25.2 Å². The summed E-state index contributed by atoms with van der Waals surface area (Å²) in [5.74, 6) is -2.45. The first-order valence-corrected chi connectivity index (χ1v) is 12.0. The van der Waals surface area contributed by atoms with E-state index < -0.39 is 42.0 Å². The molecule has 0 saturated carbocycles. The molecule has 4 atom stereocenters. The van der Waals surface area contributed by atoms with Gasteiger partial charge in [-0.15, -0.1) is 0 Å². The Bertz CT molecular complexity index is 1020. The summed E-state index contributed by atoms with van der Waals surface area (Å²) in [5.41, 5.74) is 7.19. The maximum Gasteiger partial charge on any atom is 0.326 e. The van der Waals surface area contributed by atoms with E-state index >= 15 is 0 Å². The van der Waals surface area contributed by atoms with Crippen LogP contribution >= 0.6 is 0 Å². The van der Waals surface area contributed by atoms with Crippen LogP contribution in [0.1, 0.15) is 44.5 Å². The second-order valence-electron chi connectivity index (χ2n) is 9.45. The molecule has 1 fully saturated rings. The number of amides is 3. The number of nitrogens with two attached hydrogens (primary N) is 1. The van der Waals surface area contributed by atoms with Crippen molar-refractivity contribution in [2.24, 2.45) is 11.7 Å². The number of H-pyrrole nitrogens is 2. The zero-order valence-electron chi connectivity index (χ0n) is 20.4. The maximum absolute atomic E-state index is 13.2. The largest absolute Gasteiger partial charge is 0.480 e. The minimum Gasteiger partial charge on any atom is -0.480 e. The number of imidazole rings is 2. The summed E-state index contributed by atoms with van der Waals surface area (Å²) in [6, 6.07) is -3.80. The van der Waals surface area contributed by atoms with Crippen molar-refractivity contribution in [1.82, 2.24) is 35.5 Å². The SMILES string of the molecule is CC(C)C[C@H](N)C(=O)N1CCC[C@H]1C(=O)N[C@@H](Cc1cnc[nH]1)C(=O)N[C@@H](Cc1cnc[nH]1)C(=O)O. The van der Waals surface area contributed by atoms with Crippen LogP contribution < -0.4 is 16.4 Å². The number of carboxylic acid groups (broad SMARTS) is 1. The normalized spacial score (nSPS) is 18.0. The number of carbonyl (C=O) groups excluding carboxylic acids is 3. The Balaban J connectivity index is 1.72. The molecule has 0 spiro atoms. The lowest BCUT2D eigenvalue weighted by molar-refractivity contribution is -0.143. The van der Waals surface area contributed by atoms with Crippen molar-refractivity contribution in [3.8, 4) is 0 Å². The van der Waals surface area contributed by atoms with E-state index in [0.717, 1.165) is 0 Å². The summed E-state index contributed by atoms with van der Waals surface area (Å²) in [7, 11) is 0. The molecule has 3 heterocycles. The predicted octanol–water partition coefficient (Wildman–Crippen LogP) is -0.663. The van der Waals surface area contributed by atoms with Crippen LogP contribution in [0.2, 0.25) is 0 Å². The highest BCUT2D eigenvalue weighted by Gasteiger charge is 2.38. The van der Waals surface area contributed by atoms with E-state index in [9.17, 15) is 24.3 Å². The van der Waals surface area contributed by atoms with Crippen LogP contribution in [-0.4, -0.2) is 84.3 Å². The molecule has 13 heteroatoms. The Morgan fingerprint density at radius 2 is 1.69 bits per heavy atom. The maximum atomic E-state index is 13.2. The zero-order chi connectivity index (χ0) is 26.2. The quantitative estimate of drug-likeness (QED) is 0.219. The van der Waals surface area contributed by atoms with Crippen LogP contribution in [-0.2, 0) is 32.0 Å². The highest BCUT2D eigenvalue weighted by Crippen LogP contribution is 2.20. The molecule has 0 aliphatic carbocycles. The van der Waals surface area contributed by atoms with Gasteiger partial charge in [0.1, 0.15) is 18.1 Å². The van der Waals surface area contributed by atoms with Gasteiger partial charge in [0, 0.05) is 43.2 Å². The molecule has 3 amide bonds. The monoisotopic (exact) mass is 502 g/mol. The fraction of sp³-hybridized carbons (Fsp3) is 0.565. The van der Waals surface area contributed by atoms with E-state index in [1.807, 2.05) is 13.8 Å². The molecule has 1 saturated heterocycles. The Morgan fingerprint density at radius 3 is 2.22 bits per heavy atom. The lowest BCUT2D eigenvalue weighted by Gasteiger charge is -2.29. The number of carbonyl (C=O) groups is 4. The van der Waals surface area contributed by atoms with Crippen molar-refractivity contribution < 1.29 is 24.3 Å². The Hall–Kier alpha value is -3.74. The molecular weight excluding hydrogens is 468 g/mol. The van der Waals surface area contributed by atoms with Crippen molar-refractivity contribution in [3.05, 3.63) is 36.4 Å². The van der Waals surface area contributed by atoms with E-state index in [1.165, 1.54) is 29.9 Å².